The van der Waals surface area contributed by atoms with Crippen LogP contribution in [-0.4, -0.2) is 23.2 Å². The number of para-hydroxylation sites is 1. The first-order valence-corrected chi connectivity index (χ1v) is 7.46. The average Bonchev–Trinajstić information content (AvgIpc) is 2.65. The Morgan fingerprint density at radius 2 is 1.76 bits per heavy atom. The van der Waals surface area contributed by atoms with Gasteiger partial charge in [-0.05, 0) is 48.5 Å². The molecule has 6 nitrogen and oxygen atoms in total. The molecule has 0 bridgehead atoms. The third kappa shape index (κ3) is 4.08. The van der Waals surface area contributed by atoms with Crippen LogP contribution in [0.5, 0.6) is 5.75 Å². The molecule has 0 saturated heterocycles. The predicted octanol–water partition coefficient (Wildman–Crippen LogP) is 3.62. The van der Waals surface area contributed by atoms with E-state index in [0.717, 1.165) is 0 Å². The molecule has 0 radical (unpaired) electrons. The Morgan fingerprint density at radius 1 is 1.00 bits per heavy atom. The van der Waals surface area contributed by atoms with E-state index in [4.69, 9.17) is 4.74 Å². The fraction of sp³-hybridized carbons (Fsp3) is 0.0556. The molecular formula is C18H15FN4O2. The lowest BCUT2D eigenvalue weighted by Crippen LogP contribution is -2.14. The van der Waals surface area contributed by atoms with Crippen LogP contribution >= 0.6 is 0 Å². The van der Waals surface area contributed by atoms with Crippen LogP contribution < -0.4 is 15.4 Å². The van der Waals surface area contributed by atoms with E-state index in [9.17, 15) is 9.18 Å². The molecule has 25 heavy (non-hydrogen) atoms. The number of aromatic nitrogens is 2. The second-order valence-corrected chi connectivity index (χ2v) is 5.09. The molecule has 2 aromatic carbocycles. The first-order valence-electron chi connectivity index (χ1n) is 7.46. The minimum absolute atomic E-state index is 0.148. The Morgan fingerprint density at radius 3 is 2.40 bits per heavy atom. The normalized spacial score (nSPS) is 10.2. The summed E-state index contributed by atoms with van der Waals surface area (Å²) >= 11 is 0. The van der Waals surface area contributed by atoms with Gasteiger partial charge in [-0.15, -0.1) is 10.2 Å². The molecule has 7 heteroatoms. The van der Waals surface area contributed by atoms with E-state index in [2.05, 4.69) is 20.8 Å². The summed E-state index contributed by atoms with van der Waals surface area (Å²) in [5, 5.41) is 13.3. The molecule has 3 aromatic rings. The van der Waals surface area contributed by atoms with E-state index < -0.39 is 11.7 Å². The van der Waals surface area contributed by atoms with Crippen LogP contribution in [0.3, 0.4) is 0 Å². The highest BCUT2D eigenvalue weighted by Gasteiger charge is 2.09. The number of methoxy groups -OCH3 is 1. The molecule has 0 aliphatic rings. The standard InChI is InChI=1S/C18H15FN4O2/c1-25-13-8-6-12(7-9-13)20-18(24)16-10-11-17(23-22-16)21-15-5-3-2-4-14(15)19/h2-11H,1H3,(H,20,24)(H,21,23). The molecule has 2 N–H and O–H groups in total. The number of anilines is 3. The number of hydrogen-bond donors (Lipinski definition) is 2. The third-order valence-corrected chi connectivity index (χ3v) is 3.38. The average molecular weight is 338 g/mol. The smallest absolute Gasteiger partial charge is 0.276 e. The largest absolute Gasteiger partial charge is 0.497 e. The number of carbonyl (C=O) groups is 1. The Bertz CT molecular complexity index is 867. The van der Waals surface area contributed by atoms with Gasteiger partial charge in [-0.25, -0.2) is 4.39 Å². The maximum absolute atomic E-state index is 13.6. The highest BCUT2D eigenvalue weighted by molar-refractivity contribution is 6.02. The van der Waals surface area contributed by atoms with Crippen molar-refractivity contribution in [3.05, 3.63) is 72.2 Å². The summed E-state index contributed by atoms with van der Waals surface area (Å²) in [6.45, 7) is 0. The summed E-state index contributed by atoms with van der Waals surface area (Å²) < 4.78 is 18.7. The summed E-state index contributed by atoms with van der Waals surface area (Å²) in [6, 6.07) is 16.2. The molecule has 0 aliphatic heterocycles. The van der Waals surface area contributed by atoms with E-state index in [-0.39, 0.29) is 11.4 Å². The fourth-order valence-corrected chi connectivity index (χ4v) is 2.09. The minimum atomic E-state index is -0.398. The Labute approximate surface area is 143 Å². The number of benzene rings is 2. The van der Waals surface area contributed by atoms with Crippen molar-refractivity contribution in [1.29, 1.82) is 0 Å². The highest BCUT2D eigenvalue weighted by atomic mass is 19.1. The van der Waals surface area contributed by atoms with Gasteiger partial charge in [0, 0.05) is 5.69 Å². The van der Waals surface area contributed by atoms with Crippen LogP contribution in [0.25, 0.3) is 0 Å². The predicted molar refractivity (Wildman–Crippen MR) is 92.7 cm³/mol. The Balaban J connectivity index is 1.66. The molecule has 0 aliphatic carbocycles. The monoisotopic (exact) mass is 338 g/mol. The van der Waals surface area contributed by atoms with E-state index in [0.29, 0.717) is 17.3 Å². The molecule has 0 spiro atoms. The van der Waals surface area contributed by atoms with Crippen LogP contribution in [0.4, 0.5) is 21.6 Å². The zero-order valence-electron chi connectivity index (χ0n) is 13.4. The van der Waals surface area contributed by atoms with Crippen LogP contribution in [0.1, 0.15) is 10.5 Å². The molecule has 0 saturated carbocycles. The van der Waals surface area contributed by atoms with Gasteiger partial charge in [0.25, 0.3) is 5.91 Å². The van der Waals surface area contributed by atoms with Gasteiger partial charge < -0.3 is 15.4 Å². The maximum Gasteiger partial charge on any atom is 0.276 e. The quantitative estimate of drug-likeness (QED) is 0.743. The van der Waals surface area contributed by atoms with Crippen molar-refractivity contribution < 1.29 is 13.9 Å². The van der Waals surface area contributed by atoms with Gasteiger partial charge in [0.05, 0.1) is 12.8 Å². The van der Waals surface area contributed by atoms with Gasteiger partial charge in [-0.3, -0.25) is 4.79 Å². The van der Waals surface area contributed by atoms with Crippen molar-refractivity contribution in [2.75, 3.05) is 17.7 Å². The summed E-state index contributed by atoms with van der Waals surface area (Å²) in [6.07, 6.45) is 0. The van der Waals surface area contributed by atoms with Crippen LogP contribution in [0, 0.1) is 5.82 Å². The summed E-state index contributed by atoms with van der Waals surface area (Å²) in [7, 11) is 1.57. The second-order valence-electron chi connectivity index (χ2n) is 5.09. The second kappa shape index (κ2) is 7.39. The SMILES string of the molecule is COc1ccc(NC(=O)c2ccc(Nc3ccccc3F)nn2)cc1. The van der Waals surface area contributed by atoms with E-state index >= 15 is 0 Å². The fourth-order valence-electron chi connectivity index (χ4n) is 2.09. The number of ether oxygens (including phenoxy) is 1. The highest BCUT2D eigenvalue weighted by Crippen LogP contribution is 2.18. The molecule has 3 rings (SSSR count). The van der Waals surface area contributed by atoms with Gasteiger partial charge in [0.1, 0.15) is 11.6 Å². The number of amides is 1. The van der Waals surface area contributed by atoms with Gasteiger partial charge in [-0.2, -0.15) is 0 Å². The number of halogens is 1. The minimum Gasteiger partial charge on any atom is -0.497 e. The lowest BCUT2D eigenvalue weighted by molar-refractivity contribution is 0.102. The Kier molecular flexibility index (Phi) is 4.84. The number of rotatable bonds is 5. The summed E-state index contributed by atoms with van der Waals surface area (Å²) in [5.41, 5.74) is 1.04. The topological polar surface area (TPSA) is 76.1 Å². The van der Waals surface area contributed by atoms with Crippen LogP contribution in [-0.2, 0) is 0 Å². The molecule has 126 valence electrons. The lowest BCUT2D eigenvalue weighted by atomic mass is 10.3. The van der Waals surface area contributed by atoms with Gasteiger partial charge in [0.2, 0.25) is 0 Å². The van der Waals surface area contributed by atoms with Gasteiger partial charge >= 0.3 is 0 Å². The molecule has 1 aromatic heterocycles. The molecule has 0 unspecified atom stereocenters. The van der Waals surface area contributed by atoms with Gasteiger partial charge in [-0.1, -0.05) is 12.1 Å². The van der Waals surface area contributed by atoms with Crippen LogP contribution in [0.2, 0.25) is 0 Å². The molecular weight excluding hydrogens is 323 g/mol. The van der Waals surface area contributed by atoms with Crippen molar-refractivity contribution in [2.24, 2.45) is 0 Å². The van der Waals surface area contributed by atoms with Crippen molar-refractivity contribution in [3.63, 3.8) is 0 Å². The summed E-state index contributed by atoms with van der Waals surface area (Å²) in [5.74, 6) is 0.244. The number of nitrogens with zero attached hydrogens (tertiary/aromatic N) is 2. The molecule has 1 heterocycles. The zero-order valence-corrected chi connectivity index (χ0v) is 13.4. The maximum atomic E-state index is 13.6. The van der Waals surface area contributed by atoms with Crippen molar-refractivity contribution >= 4 is 23.1 Å². The molecule has 0 atom stereocenters. The number of carbonyl (C=O) groups excluding carboxylic acids is 1. The Hall–Kier alpha value is -3.48. The van der Waals surface area contributed by atoms with Crippen molar-refractivity contribution in [3.8, 4) is 5.75 Å². The van der Waals surface area contributed by atoms with E-state index in [1.165, 1.54) is 12.1 Å². The van der Waals surface area contributed by atoms with E-state index in [1.54, 1.807) is 55.6 Å². The molecule has 1 amide bonds. The third-order valence-electron chi connectivity index (χ3n) is 3.38. The number of hydrogen-bond acceptors (Lipinski definition) is 5. The van der Waals surface area contributed by atoms with Crippen molar-refractivity contribution in [1.82, 2.24) is 10.2 Å². The van der Waals surface area contributed by atoms with Gasteiger partial charge in [0.15, 0.2) is 11.5 Å². The first kappa shape index (κ1) is 16.4. The van der Waals surface area contributed by atoms with Crippen molar-refractivity contribution in [2.45, 2.75) is 0 Å². The zero-order chi connectivity index (χ0) is 17.6. The lowest BCUT2D eigenvalue weighted by Gasteiger charge is -2.07. The van der Waals surface area contributed by atoms with Crippen LogP contribution in [0.15, 0.2) is 60.7 Å². The van der Waals surface area contributed by atoms with E-state index in [1.807, 2.05) is 0 Å². The first-order chi connectivity index (χ1) is 12.2. The summed E-state index contributed by atoms with van der Waals surface area (Å²) in [4.78, 5) is 12.2. The number of nitrogens with one attached hydrogen (secondary N) is 2. The molecule has 0 fully saturated rings.